The van der Waals surface area contributed by atoms with Crippen molar-refractivity contribution in [3.63, 3.8) is 0 Å². The van der Waals surface area contributed by atoms with Crippen molar-refractivity contribution in [3.8, 4) is 0 Å². The Hall–Kier alpha value is -2.49. The predicted molar refractivity (Wildman–Crippen MR) is 81.1 cm³/mol. The van der Waals surface area contributed by atoms with Gasteiger partial charge in [-0.3, -0.25) is 9.59 Å². The van der Waals surface area contributed by atoms with Crippen molar-refractivity contribution in [3.05, 3.63) is 40.9 Å². The van der Waals surface area contributed by atoms with E-state index in [1.54, 1.807) is 0 Å². The molecule has 0 aliphatic heterocycles. The third-order valence-corrected chi connectivity index (χ3v) is 3.71. The Kier molecular flexibility index (Phi) is 5.85. The molecule has 128 valence electrons. The minimum Gasteiger partial charge on any atom is -0.352 e. The Morgan fingerprint density at radius 1 is 1.04 bits per heavy atom. The van der Waals surface area contributed by atoms with Gasteiger partial charge in [0, 0.05) is 19.4 Å². The number of hydrogen-bond donors (Lipinski definition) is 2. The molecule has 0 fully saturated rings. The van der Waals surface area contributed by atoms with E-state index in [2.05, 4.69) is 20.8 Å². The molecule has 2 amide bonds. The zero-order chi connectivity index (χ0) is 17.6. The number of halogens is 3. The molecule has 0 saturated heterocycles. The summed E-state index contributed by atoms with van der Waals surface area (Å²) in [5.41, 5.74) is 0.920. The SMILES string of the molecule is O=C(CCC(=O)Nc1nnc(C(F)(F)F)s1)NCc1ccccc1. The molecule has 0 unspecified atom stereocenters. The van der Waals surface area contributed by atoms with Crippen molar-refractivity contribution in [1.82, 2.24) is 15.5 Å². The summed E-state index contributed by atoms with van der Waals surface area (Å²) in [6.45, 7) is 0.340. The van der Waals surface area contributed by atoms with Gasteiger partial charge < -0.3 is 10.6 Å². The van der Waals surface area contributed by atoms with E-state index < -0.39 is 17.1 Å². The Balaban J connectivity index is 1.72. The number of anilines is 1. The predicted octanol–water partition coefficient (Wildman–Crippen LogP) is 2.59. The van der Waals surface area contributed by atoms with Crippen molar-refractivity contribution in [1.29, 1.82) is 0 Å². The third kappa shape index (κ3) is 5.61. The molecular weight excluding hydrogens is 345 g/mol. The van der Waals surface area contributed by atoms with Crippen LogP contribution < -0.4 is 10.6 Å². The van der Waals surface area contributed by atoms with Gasteiger partial charge in [-0.15, -0.1) is 10.2 Å². The van der Waals surface area contributed by atoms with E-state index in [1.165, 1.54) is 0 Å². The molecule has 2 aromatic rings. The summed E-state index contributed by atoms with van der Waals surface area (Å²) in [7, 11) is 0. The molecule has 6 nitrogen and oxygen atoms in total. The highest BCUT2D eigenvalue weighted by Gasteiger charge is 2.35. The van der Waals surface area contributed by atoms with Gasteiger partial charge in [-0.1, -0.05) is 41.7 Å². The van der Waals surface area contributed by atoms with Crippen LogP contribution in [0.3, 0.4) is 0 Å². The van der Waals surface area contributed by atoms with Gasteiger partial charge in [0.15, 0.2) is 0 Å². The van der Waals surface area contributed by atoms with Gasteiger partial charge in [-0.05, 0) is 5.56 Å². The van der Waals surface area contributed by atoms with Gasteiger partial charge in [0.2, 0.25) is 22.0 Å². The second-order valence-corrected chi connectivity index (χ2v) is 5.70. The fraction of sp³-hybridized carbons (Fsp3) is 0.286. The van der Waals surface area contributed by atoms with E-state index in [0.29, 0.717) is 6.54 Å². The van der Waals surface area contributed by atoms with Crippen molar-refractivity contribution in [2.24, 2.45) is 0 Å². The summed E-state index contributed by atoms with van der Waals surface area (Å²) in [4.78, 5) is 23.3. The van der Waals surface area contributed by atoms with E-state index >= 15 is 0 Å². The summed E-state index contributed by atoms with van der Waals surface area (Å²) in [6.07, 6.45) is -4.84. The van der Waals surface area contributed by atoms with Crippen molar-refractivity contribution in [2.45, 2.75) is 25.6 Å². The first-order chi connectivity index (χ1) is 11.3. The molecule has 24 heavy (non-hydrogen) atoms. The van der Waals surface area contributed by atoms with Crippen molar-refractivity contribution < 1.29 is 22.8 Å². The van der Waals surface area contributed by atoms with Crippen LogP contribution in [-0.4, -0.2) is 22.0 Å². The molecule has 0 aliphatic carbocycles. The van der Waals surface area contributed by atoms with Crippen LogP contribution in [0.25, 0.3) is 0 Å². The first kappa shape index (κ1) is 17.9. The average Bonchev–Trinajstić information content (AvgIpc) is 3.00. The number of benzene rings is 1. The van der Waals surface area contributed by atoms with E-state index in [9.17, 15) is 22.8 Å². The Bertz CT molecular complexity index is 704. The standard InChI is InChI=1S/C14H13F3N4O2S/c15-14(16,17)12-20-21-13(24-12)19-11(23)7-6-10(22)18-8-9-4-2-1-3-5-9/h1-5H,6-8H2,(H,18,22)(H,19,21,23). The number of nitrogens with zero attached hydrogens (tertiary/aromatic N) is 2. The zero-order valence-electron chi connectivity index (χ0n) is 12.3. The number of nitrogens with one attached hydrogen (secondary N) is 2. The van der Waals surface area contributed by atoms with Crippen molar-refractivity contribution >= 4 is 28.3 Å². The largest absolute Gasteiger partial charge is 0.445 e. The van der Waals surface area contributed by atoms with E-state index in [1.807, 2.05) is 30.3 Å². The van der Waals surface area contributed by atoms with Crippen LogP contribution in [0.2, 0.25) is 0 Å². The molecule has 0 atom stereocenters. The van der Waals surface area contributed by atoms with Gasteiger partial charge >= 0.3 is 6.18 Å². The maximum Gasteiger partial charge on any atom is 0.445 e. The molecule has 2 rings (SSSR count). The van der Waals surface area contributed by atoms with E-state index in [0.717, 1.165) is 5.56 Å². The van der Waals surface area contributed by atoms with Crippen LogP contribution in [0.4, 0.5) is 18.3 Å². The maximum atomic E-state index is 12.4. The molecule has 1 aromatic carbocycles. The Morgan fingerprint density at radius 3 is 2.33 bits per heavy atom. The first-order valence-electron chi connectivity index (χ1n) is 6.86. The van der Waals surface area contributed by atoms with Crippen LogP contribution in [-0.2, 0) is 22.3 Å². The highest BCUT2D eigenvalue weighted by molar-refractivity contribution is 7.15. The second kappa shape index (κ2) is 7.86. The fourth-order valence-corrected chi connectivity index (χ4v) is 2.31. The molecular formula is C14H13F3N4O2S. The molecule has 0 aliphatic rings. The molecule has 1 aromatic heterocycles. The minimum atomic E-state index is -4.60. The van der Waals surface area contributed by atoms with E-state index in [-0.39, 0.29) is 35.2 Å². The third-order valence-electron chi connectivity index (χ3n) is 2.83. The highest BCUT2D eigenvalue weighted by atomic mass is 32.1. The second-order valence-electron chi connectivity index (χ2n) is 4.72. The number of carbonyl (C=O) groups is 2. The lowest BCUT2D eigenvalue weighted by atomic mass is 10.2. The number of aromatic nitrogens is 2. The Labute approximate surface area is 139 Å². The van der Waals surface area contributed by atoms with Gasteiger partial charge in [0.25, 0.3) is 0 Å². The average molecular weight is 358 g/mol. The van der Waals surface area contributed by atoms with Crippen molar-refractivity contribution in [2.75, 3.05) is 5.32 Å². The van der Waals surface area contributed by atoms with Gasteiger partial charge in [0.1, 0.15) is 0 Å². The summed E-state index contributed by atoms with van der Waals surface area (Å²) in [5, 5.41) is 9.64. The first-order valence-corrected chi connectivity index (χ1v) is 7.67. The van der Waals surface area contributed by atoms with Crippen LogP contribution in [0.1, 0.15) is 23.4 Å². The minimum absolute atomic E-state index is 0.0798. The quantitative estimate of drug-likeness (QED) is 0.831. The summed E-state index contributed by atoms with van der Waals surface area (Å²) >= 11 is 0.230. The molecule has 0 bridgehead atoms. The molecule has 1 heterocycles. The number of amides is 2. The number of alkyl halides is 3. The molecule has 0 saturated carbocycles. The lowest BCUT2D eigenvalue weighted by Gasteiger charge is -2.05. The topological polar surface area (TPSA) is 84.0 Å². The van der Waals surface area contributed by atoms with Gasteiger partial charge in [-0.2, -0.15) is 13.2 Å². The highest BCUT2D eigenvalue weighted by Crippen LogP contribution is 2.32. The smallest absolute Gasteiger partial charge is 0.352 e. The molecule has 0 spiro atoms. The zero-order valence-corrected chi connectivity index (χ0v) is 13.1. The lowest BCUT2D eigenvalue weighted by molar-refractivity contribution is -0.138. The van der Waals surface area contributed by atoms with Crippen LogP contribution >= 0.6 is 11.3 Å². The number of hydrogen-bond acceptors (Lipinski definition) is 5. The molecule has 0 radical (unpaired) electrons. The number of carbonyl (C=O) groups excluding carboxylic acids is 2. The maximum absolute atomic E-state index is 12.4. The number of rotatable bonds is 6. The van der Waals surface area contributed by atoms with Gasteiger partial charge in [-0.25, -0.2) is 0 Å². The summed E-state index contributed by atoms with van der Waals surface area (Å²) < 4.78 is 37.1. The lowest BCUT2D eigenvalue weighted by Crippen LogP contribution is -2.24. The van der Waals surface area contributed by atoms with Crippen LogP contribution in [0.5, 0.6) is 0 Å². The van der Waals surface area contributed by atoms with Gasteiger partial charge in [0.05, 0.1) is 0 Å². The Morgan fingerprint density at radius 2 is 1.71 bits per heavy atom. The summed E-state index contributed by atoms with van der Waals surface area (Å²) in [5.74, 6) is -0.933. The fourth-order valence-electron chi connectivity index (χ4n) is 1.68. The van der Waals surface area contributed by atoms with E-state index in [4.69, 9.17) is 0 Å². The molecule has 2 N–H and O–H groups in total. The molecule has 10 heteroatoms. The van der Waals surface area contributed by atoms with Crippen LogP contribution in [0, 0.1) is 0 Å². The monoisotopic (exact) mass is 358 g/mol. The van der Waals surface area contributed by atoms with Crippen LogP contribution in [0.15, 0.2) is 30.3 Å². The normalized spacial score (nSPS) is 11.1. The summed E-state index contributed by atoms with van der Waals surface area (Å²) in [6, 6.07) is 9.23.